The number of nitrogens with zero attached hydrogens (tertiary/aromatic N) is 1. The van der Waals surface area contributed by atoms with Crippen molar-refractivity contribution in [3.05, 3.63) is 23.4 Å². The van der Waals surface area contributed by atoms with E-state index in [1.807, 2.05) is 5.32 Å². The number of rotatable bonds is 5. The van der Waals surface area contributed by atoms with Gasteiger partial charge in [-0.05, 0) is 31.5 Å². The van der Waals surface area contributed by atoms with Crippen LogP contribution >= 0.6 is 0 Å². The number of hydrogen-bond donors (Lipinski definition) is 2. The van der Waals surface area contributed by atoms with E-state index in [0.29, 0.717) is 11.3 Å². The molecule has 2 N–H and O–H groups in total. The monoisotopic (exact) mass is 333 g/mol. The number of aryl methyl sites for hydroxylation is 2. The van der Waals surface area contributed by atoms with Crippen molar-refractivity contribution in [2.45, 2.75) is 39.0 Å². The van der Waals surface area contributed by atoms with Gasteiger partial charge in [-0.15, -0.1) is 0 Å². The number of nitrogens with one attached hydrogen (secondary N) is 2. The molecule has 0 aliphatic carbocycles. The summed E-state index contributed by atoms with van der Waals surface area (Å²) in [5, 5.41) is 3.66. The fourth-order valence-electron chi connectivity index (χ4n) is 1.94. The predicted octanol–water partition coefficient (Wildman–Crippen LogP) is 2.07. The number of halogens is 3. The largest absolute Gasteiger partial charge is 0.466 e. The van der Waals surface area contributed by atoms with Crippen molar-refractivity contribution in [3.63, 3.8) is 0 Å². The zero-order valence-corrected chi connectivity index (χ0v) is 13.2. The fourth-order valence-corrected chi connectivity index (χ4v) is 1.94. The van der Waals surface area contributed by atoms with E-state index in [-0.39, 0.29) is 12.2 Å². The van der Waals surface area contributed by atoms with Crippen LogP contribution in [0.15, 0.2) is 12.1 Å². The number of hydrogen-bond acceptors (Lipinski definition) is 5. The molecular formula is C14H18F3N3O3. The Morgan fingerprint density at radius 3 is 2.30 bits per heavy atom. The molecule has 1 atom stereocenters. The van der Waals surface area contributed by atoms with Crippen LogP contribution in [0.2, 0.25) is 0 Å². The van der Waals surface area contributed by atoms with Gasteiger partial charge in [0.15, 0.2) is 0 Å². The molecule has 0 bridgehead atoms. The molecule has 0 saturated carbocycles. The van der Waals surface area contributed by atoms with Gasteiger partial charge in [0.1, 0.15) is 5.82 Å². The van der Waals surface area contributed by atoms with Crippen LogP contribution in [-0.2, 0) is 14.3 Å². The summed E-state index contributed by atoms with van der Waals surface area (Å²) in [5.41, 5.74) is -2.32. The summed E-state index contributed by atoms with van der Waals surface area (Å²) in [7, 11) is 0.803. The van der Waals surface area contributed by atoms with Crippen LogP contribution in [0.4, 0.5) is 19.0 Å². The Labute approximate surface area is 131 Å². The highest BCUT2D eigenvalue weighted by Crippen LogP contribution is 2.33. The van der Waals surface area contributed by atoms with E-state index in [9.17, 15) is 22.8 Å². The third-order valence-corrected chi connectivity index (χ3v) is 2.98. The lowest BCUT2D eigenvalue weighted by Crippen LogP contribution is -2.69. The van der Waals surface area contributed by atoms with Gasteiger partial charge in [-0.25, -0.2) is 9.78 Å². The lowest BCUT2D eigenvalue weighted by atomic mass is 10.1. The second-order valence-corrected chi connectivity index (χ2v) is 4.94. The van der Waals surface area contributed by atoms with Crippen LogP contribution in [0.5, 0.6) is 0 Å². The first-order valence-electron chi connectivity index (χ1n) is 6.75. The Morgan fingerprint density at radius 1 is 1.26 bits per heavy atom. The van der Waals surface area contributed by atoms with Crippen LogP contribution in [0.1, 0.15) is 24.6 Å². The predicted molar refractivity (Wildman–Crippen MR) is 76.6 cm³/mol. The Hall–Kier alpha value is -2.32. The van der Waals surface area contributed by atoms with E-state index in [4.69, 9.17) is 0 Å². The lowest BCUT2D eigenvalue weighted by Gasteiger charge is -2.34. The summed E-state index contributed by atoms with van der Waals surface area (Å²) in [6, 6.07) is 2.98. The molecule has 1 aromatic rings. The number of alkyl halides is 3. The first kappa shape index (κ1) is 18.7. The van der Waals surface area contributed by atoms with Crippen molar-refractivity contribution in [3.8, 4) is 0 Å². The van der Waals surface area contributed by atoms with E-state index in [0.717, 1.165) is 7.11 Å². The minimum atomic E-state index is -5.15. The van der Waals surface area contributed by atoms with Gasteiger partial charge in [0.05, 0.1) is 7.11 Å². The van der Waals surface area contributed by atoms with Crippen molar-refractivity contribution in [2.75, 3.05) is 12.4 Å². The number of carbonyl (C=O) groups excluding carboxylic acids is 2. The van der Waals surface area contributed by atoms with Crippen molar-refractivity contribution in [1.82, 2.24) is 10.3 Å². The van der Waals surface area contributed by atoms with Crippen molar-refractivity contribution < 1.29 is 27.5 Å². The molecule has 0 aliphatic heterocycles. The molecule has 0 aliphatic rings. The minimum absolute atomic E-state index is 0.207. The van der Waals surface area contributed by atoms with Crippen LogP contribution in [0, 0.1) is 13.8 Å². The van der Waals surface area contributed by atoms with Crippen LogP contribution in [0.3, 0.4) is 0 Å². The smallest absolute Gasteiger partial charge is 0.441 e. The molecule has 9 heteroatoms. The number of ether oxygens (including phenoxy) is 1. The van der Waals surface area contributed by atoms with Gasteiger partial charge >= 0.3 is 17.8 Å². The second kappa shape index (κ2) is 6.84. The Kier molecular flexibility index (Phi) is 5.57. The molecule has 1 aromatic heterocycles. The number of aromatic nitrogens is 1. The highest BCUT2D eigenvalue weighted by molar-refractivity contribution is 5.91. The molecule has 1 amide bonds. The summed E-state index contributed by atoms with van der Waals surface area (Å²) >= 11 is 0. The molecule has 0 fully saturated rings. The highest BCUT2D eigenvalue weighted by atomic mass is 19.4. The number of pyridine rings is 1. The van der Waals surface area contributed by atoms with Crippen LogP contribution in [-0.4, -0.2) is 35.8 Å². The van der Waals surface area contributed by atoms with Gasteiger partial charge in [0, 0.05) is 12.1 Å². The van der Waals surface area contributed by atoms with Crippen molar-refractivity contribution >= 4 is 17.7 Å². The number of anilines is 1. The SMILES string of the molecule is CCC(=O)N[C@](Nc1cc(C)cc(C)n1)(C(=O)OC)C(F)(F)F. The number of esters is 1. The van der Waals surface area contributed by atoms with E-state index in [1.54, 1.807) is 25.2 Å². The van der Waals surface area contributed by atoms with E-state index >= 15 is 0 Å². The third kappa shape index (κ3) is 4.11. The standard InChI is InChI=1S/C14H18F3N3O3/c1-5-11(21)20-13(12(22)23-4,14(15,16)17)19-10-7-8(2)6-9(3)18-10/h6-7H,5H2,1-4H3,(H,18,19)(H,20,21)/t13-/m1/s1. The van der Waals surface area contributed by atoms with Gasteiger partial charge in [-0.3, -0.25) is 4.79 Å². The third-order valence-electron chi connectivity index (χ3n) is 2.98. The zero-order valence-electron chi connectivity index (χ0n) is 13.2. The quantitative estimate of drug-likeness (QED) is 0.637. The molecule has 0 unspecified atom stereocenters. The summed E-state index contributed by atoms with van der Waals surface area (Å²) in [5.74, 6) is -2.86. The first-order chi connectivity index (χ1) is 10.6. The lowest BCUT2D eigenvalue weighted by molar-refractivity contribution is -0.206. The molecule has 1 heterocycles. The average molecular weight is 333 g/mol. The zero-order chi connectivity index (χ0) is 17.8. The second-order valence-electron chi connectivity index (χ2n) is 4.94. The molecule has 0 saturated heterocycles. The number of methoxy groups -OCH3 is 1. The molecule has 0 radical (unpaired) electrons. The maximum atomic E-state index is 13.6. The van der Waals surface area contributed by atoms with Gasteiger partial charge in [-0.2, -0.15) is 13.2 Å². The summed E-state index contributed by atoms with van der Waals surface area (Å²) in [6.45, 7) is 4.62. The first-order valence-corrected chi connectivity index (χ1v) is 6.75. The van der Waals surface area contributed by atoms with Gasteiger partial charge < -0.3 is 15.4 Å². The minimum Gasteiger partial charge on any atom is -0.466 e. The van der Waals surface area contributed by atoms with Gasteiger partial charge in [-0.1, -0.05) is 6.92 Å². The number of carbonyl (C=O) groups is 2. The van der Waals surface area contributed by atoms with Gasteiger partial charge in [0.2, 0.25) is 5.91 Å². The van der Waals surface area contributed by atoms with Crippen molar-refractivity contribution in [2.24, 2.45) is 0 Å². The molecular weight excluding hydrogens is 315 g/mol. The average Bonchev–Trinajstić information content (AvgIpc) is 2.43. The summed E-state index contributed by atoms with van der Waals surface area (Å²) < 4.78 is 45.0. The Balaban J connectivity index is 3.41. The summed E-state index contributed by atoms with van der Waals surface area (Å²) in [4.78, 5) is 27.3. The van der Waals surface area contributed by atoms with Gasteiger partial charge in [0.25, 0.3) is 0 Å². The number of amides is 1. The normalized spacial score (nSPS) is 13.9. The molecule has 0 aromatic carbocycles. The van der Waals surface area contributed by atoms with Crippen LogP contribution < -0.4 is 10.6 Å². The maximum Gasteiger partial charge on any atom is 0.441 e. The maximum absolute atomic E-state index is 13.6. The van der Waals surface area contributed by atoms with E-state index < -0.39 is 23.7 Å². The fraction of sp³-hybridized carbons (Fsp3) is 0.500. The Bertz CT molecular complexity index is 584. The molecule has 6 nitrogen and oxygen atoms in total. The molecule has 128 valence electrons. The van der Waals surface area contributed by atoms with E-state index in [2.05, 4.69) is 9.72 Å². The van der Waals surface area contributed by atoms with Crippen molar-refractivity contribution in [1.29, 1.82) is 0 Å². The topological polar surface area (TPSA) is 80.3 Å². The van der Waals surface area contributed by atoms with Crippen LogP contribution in [0.25, 0.3) is 0 Å². The summed E-state index contributed by atoms with van der Waals surface area (Å²) in [6.07, 6.45) is -5.39. The highest BCUT2D eigenvalue weighted by Gasteiger charge is 2.63. The molecule has 0 spiro atoms. The Morgan fingerprint density at radius 2 is 1.87 bits per heavy atom. The molecule has 23 heavy (non-hydrogen) atoms. The van der Waals surface area contributed by atoms with E-state index in [1.165, 1.54) is 13.0 Å². The molecule has 1 rings (SSSR count).